The molecule has 1 amide bonds. The minimum absolute atomic E-state index is 0.0230. The molecule has 2 heterocycles. The van der Waals surface area contributed by atoms with Crippen LogP contribution in [0.1, 0.15) is 23.3 Å². The van der Waals surface area contributed by atoms with E-state index in [2.05, 4.69) is 10.3 Å². The summed E-state index contributed by atoms with van der Waals surface area (Å²) in [7, 11) is -3.72. The van der Waals surface area contributed by atoms with E-state index in [4.69, 9.17) is 0 Å². The number of aliphatic hydroxyl groups excluding tert-OH is 1. The molecule has 1 aliphatic rings. The van der Waals surface area contributed by atoms with Gasteiger partial charge >= 0.3 is 0 Å². The maximum Gasteiger partial charge on any atom is 0.272 e. The number of nitrogens with one attached hydrogen (secondary N) is 2. The third kappa shape index (κ3) is 3.50. The fourth-order valence-corrected chi connectivity index (χ4v) is 4.17. The quantitative estimate of drug-likeness (QED) is 0.776. The van der Waals surface area contributed by atoms with Crippen molar-refractivity contribution in [3.8, 4) is 0 Å². The zero-order chi connectivity index (χ0) is 17.2. The van der Waals surface area contributed by atoms with Crippen molar-refractivity contribution in [2.45, 2.75) is 23.8 Å². The van der Waals surface area contributed by atoms with Crippen molar-refractivity contribution in [2.75, 3.05) is 18.4 Å². The maximum atomic E-state index is 12.6. The van der Waals surface area contributed by atoms with Crippen molar-refractivity contribution in [1.29, 1.82) is 0 Å². The zero-order valence-corrected chi connectivity index (χ0v) is 13.8. The topological polar surface area (TPSA) is 102 Å². The van der Waals surface area contributed by atoms with Crippen LogP contribution in [0.4, 0.5) is 5.69 Å². The van der Waals surface area contributed by atoms with Crippen molar-refractivity contribution in [3.63, 3.8) is 0 Å². The Balaban J connectivity index is 1.76. The van der Waals surface area contributed by atoms with Gasteiger partial charge in [-0.05, 0) is 31.0 Å². The van der Waals surface area contributed by atoms with Gasteiger partial charge in [-0.2, -0.15) is 4.31 Å². The lowest BCUT2D eigenvalue weighted by atomic mass is 10.1. The fourth-order valence-electron chi connectivity index (χ4n) is 2.66. The highest BCUT2D eigenvalue weighted by molar-refractivity contribution is 7.89. The summed E-state index contributed by atoms with van der Waals surface area (Å²) in [6.45, 7) is 0.454. The number of amides is 1. The molecular formula is C16H19N3O4S. The Morgan fingerprint density at radius 2 is 2.04 bits per heavy atom. The molecule has 1 aromatic heterocycles. The molecule has 1 aliphatic heterocycles. The molecule has 7 nitrogen and oxygen atoms in total. The second-order valence-electron chi connectivity index (χ2n) is 5.73. The number of piperidine rings is 1. The molecule has 3 N–H and O–H groups in total. The number of anilines is 1. The SMILES string of the molecule is O=C(Nc1ccccc1)c1cc(S(=O)(=O)N2CCC[C@H](O)C2)c[nH]1. The first-order chi connectivity index (χ1) is 11.5. The summed E-state index contributed by atoms with van der Waals surface area (Å²) in [5, 5.41) is 12.4. The number of carbonyl (C=O) groups is 1. The maximum absolute atomic E-state index is 12.6. The molecular weight excluding hydrogens is 330 g/mol. The lowest BCUT2D eigenvalue weighted by molar-refractivity contribution is 0.102. The molecule has 0 saturated carbocycles. The molecule has 0 aliphatic carbocycles. The Labute approximate surface area is 140 Å². The van der Waals surface area contributed by atoms with E-state index in [-0.39, 0.29) is 17.1 Å². The molecule has 3 rings (SSSR count). The highest BCUT2D eigenvalue weighted by Crippen LogP contribution is 2.21. The lowest BCUT2D eigenvalue weighted by Crippen LogP contribution is -2.41. The van der Waals surface area contributed by atoms with Crippen molar-refractivity contribution >= 4 is 21.6 Å². The van der Waals surface area contributed by atoms with Crippen LogP contribution in [0.15, 0.2) is 47.5 Å². The number of carbonyl (C=O) groups excluding carboxylic acids is 1. The number of hydrogen-bond acceptors (Lipinski definition) is 4. The Morgan fingerprint density at radius 3 is 2.75 bits per heavy atom. The zero-order valence-electron chi connectivity index (χ0n) is 13.0. The number of aromatic amines is 1. The Kier molecular flexibility index (Phi) is 4.70. The third-order valence-electron chi connectivity index (χ3n) is 3.93. The third-order valence-corrected chi connectivity index (χ3v) is 5.77. The predicted octanol–water partition coefficient (Wildman–Crippen LogP) is 1.41. The minimum atomic E-state index is -3.72. The molecule has 0 radical (unpaired) electrons. The van der Waals surface area contributed by atoms with Crippen molar-refractivity contribution in [2.24, 2.45) is 0 Å². The van der Waals surface area contributed by atoms with Crippen LogP contribution in [0.25, 0.3) is 0 Å². The number of nitrogens with zero attached hydrogens (tertiary/aromatic N) is 1. The average molecular weight is 349 g/mol. The van der Waals surface area contributed by atoms with Gasteiger partial charge in [0.1, 0.15) is 10.6 Å². The van der Waals surface area contributed by atoms with E-state index in [1.165, 1.54) is 16.6 Å². The largest absolute Gasteiger partial charge is 0.392 e. The summed E-state index contributed by atoms with van der Waals surface area (Å²) in [5.74, 6) is -0.415. The number of rotatable bonds is 4. The summed E-state index contributed by atoms with van der Waals surface area (Å²) in [6, 6.07) is 10.2. The molecule has 1 saturated heterocycles. The van der Waals surface area contributed by atoms with Gasteiger partial charge in [0.25, 0.3) is 5.91 Å². The number of benzene rings is 1. The number of aromatic nitrogens is 1. The second kappa shape index (κ2) is 6.76. The van der Waals surface area contributed by atoms with Crippen LogP contribution < -0.4 is 5.32 Å². The summed E-state index contributed by atoms with van der Waals surface area (Å²) >= 11 is 0. The molecule has 1 aromatic carbocycles. The molecule has 8 heteroatoms. The predicted molar refractivity (Wildman–Crippen MR) is 89.2 cm³/mol. The molecule has 128 valence electrons. The number of hydrogen-bond donors (Lipinski definition) is 3. The van der Waals surface area contributed by atoms with E-state index in [1.807, 2.05) is 6.07 Å². The first-order valence-corrected chi connectivity index (χ1v) is 9.14. The van der Waals surface area contributed by atoms with E-state index in [0.717, 1.165) is 0 Å². The van der Waals surface area contributed by atoms with Gasteiger partial charge in [0.05, 0.1) is 6.10 Å². The van der Waals surface area contributed by atoms with Crippen molar-refractivity contribution in [1.82, 2.24) is 9.29 Å². The van der Waals surface area contributed by atoms with E-state index < -0.39 is 22.0 Å². The van der Waals surface area contributed by atoms with Crippen LogP contribution in [0.5, 0.6) is 0 Å². The van der Waals surface area contributed by atoms with E-state index in [9.17, 15) is 18.3 Å². The average Bonchev–Trinajstić information content (AvgIpc) is 3.07. The van der Waals surface area contributed by atoms with E-state index in [1.54, 1.807) is 24.3 Å². The minimum Gasteiger partial charge on any atom is -0.392 e. The monoisotopic (exact) mass is 349 g/mol. The molecule has 1 atom stereocenters. The molecule has 0 unspecified atom stereocenters. The van der Waals surface area contributed by atoms with E-state index >= 15 is 0 Å². The van der Waals surface area contributed by atoms with Crippen LogP contribution in [-0.2, 0) is 10.0 Å². The standard InChI is InChI=1S/C16H19N3O4S/c20-13-7-4-8-19(11-13)24(22,23)14-9-15(17-10-14)16(21)18-12-5-2-1-3-6-12/h1-3,5-6,9-10,13,17,20H,4,7-8,11H2,(H,18,21)/t13-/m0/s1. The molecule has 1 fully saturated rings. The smallest absolute Gasteiger partial charge is 0.272 e. The first-order valence-electron chi connectivity index (χ1n) is 7.70. The number of H-pyrrole nitrogens is 1. The van der Waals surface area contributed by atoms with Gasteiger partial charge in [0.2, 0.25) is 10.0 Å². The summed E-state index contributed by atoms with van der Waals surface area (Å²) in [5.41, 5.74) is 0.788. The number of sulfonamides is 1. The van der Waals surface area contributed by atoms with Gasteiger partial charge in [-0.15, -0.1) is 0 Å². The first kappa shape index (κ1) is 16.7. The van der Waals surface area contributed by atoms with Crippen molar-refractivity contribution in [3.05, 3.63) is 48.3 Å². The van der Waals surface area contributed by atoms with Crippen LogP contribution in [0.2, 0.25) is 0 Å². The Bertz CT molecular complexity index is 817. The van der Waals surface area contributed by atoms with Gasteiger partial charge in [-0.25, -0.2) is 8.42 Å². The summed E-state index contributed by atoms with van der Waals surface area (Å²) < 4.78 is 26.4. The molecule has 2 aromatic rings. The molecule has 0 bridgehead atoms. The van der Waals surface area contributed by atoms with Crippen LogP contribution >= 0.6 is 0 Å². The number of aliphatic hydroxyl groups is 1. The van der Waals surface area contributed by atoms with Gasteiger partial charge < -0.3 is 15.4 Å². The highest BCUT2D eigenvalue weighted by Gasteiger charge is 2.30. The number of para-hydroxylation sites is 1. The Morgan fingerprint density at radius 1 is 1.29 bits per heavy atom. The summed E-state index contributed by atoms with van der Waals surface area (Å²) in [6.07, 6.45) is 1.88. The van der Waals surface area contributed by atoms with E-state index in [0.29, 0.717) is 25.1 Å². The molecule has 0 spiro atoms. The van der Waals surface area contributed by atoms with Gasteiger partial charge in [-0.3, -0.25) is 4.79 Å². The van der Waals surface area contributed by atoms with Crippen LogP contribution in [0, 0.1) is 0 Å². The fraction of sp³-hybridized carbons (Fsp3) is 0.312. The van der Waals surface area contributed by atoms with Crippen LogP contribution in [-0.4, -0.2) is 47.9 Å². The highest BCUT2D eigenvalue weighted by atomic mass is 32.2. The number of β-amino-alcohol motifs (C(OH)–C–C–N with tert-alkyl or cyclic N) is 1. The second-order valence-corrected chi connectivity index (χ2v) is 7.67. The van der Waals surface area contributed by atoms with Gasteiger partial charge in [0.15, 0.2) is 0 Å². The van der Waals surface area contributed by atoms with Crippen molar-refractivity contribution < 1.29 is 18.3 Å². The lowest BCUT2D eigenvalue weighted by Gasteiger charge is -2.28. The van der Waals surface area contributed by atoms with Gasteiger partial charge in [0, 0.05) is 25.0 Å². The Hall–Kier alpha value is -2.16. The normalized spacial score (nSPS) is 19.1. The molecule has 24 heavy (non-hydrogen) atoms. The van der Waals surface area contributed by atoms with Gasteiger partial charge in [-0.1, -0.05) is 18.2 Å². The van der Waals surface area contributed by atoms with Crippen LogP contribution in [0.3, 0.4) is 0 Å². The summed E-state index contributed by atoms with van der Waals surface area (Å²) in [4.78, 5) is 14.9.